The SMILES string of the molecule is O=CNN=Cc1ccc(F)c(F)c1. The van der Waals surface area contributed by atoms with Crippen LogP contribution in [-0.2, 0) is 4.79 Å². The highest BCUT2D eigenvalue weighted by atomic mass is 19.2. The predicted octanol–water partition coefficient (Wildman–Crippen LogP) is 1.04. The minimum Gasteiger partial charge on any atom is -0.277 e. The third-order valence-electron chi connectivity index (χ3n) is 1.28. The number of hydrogen-bond acceptors (Lipinski definition) is 2. The van der Waals surface area contributed by atoms with E-state index in [0.29, 0.717) is 12.0 Å². The lowest BCUT2D eigenvalue weighted by Gasteiger charge is -1.94. The first kappa shape index (κ1) is 9.31. The average Bonchev–Trinajstić information content (AvgIpc) is 2.12. The maximum absolute atomic E-state index is 12.6. The Morgan fingerprint density at radius 2 is 2.08 bits per heavy atom. The standard InChI is InChI=1S/C8H6F2N2O/c9-7-2-1-6(3-8(7)10)4-11-12-5-13/h1-5H,(H,12,13). The average molecular weight is 184 g/mol. The molecule has 3 nitrogen and oxygen atoms in total. The fourth-order valence-corrected chi connectivity index (χ4v) is 0.735. The largest absolute Gasteiger partial charge is 0.277 e. The quantitative estimate of drug-likeness (QED) is 0.425. The lowest BCUT2D eigenvalue weighted by Crippen LogP contribution is -2.00. The molecule has 0 heterocycles. The Balaban J connectivity index is 2.79. The van der Waals surface area contributed by atoms with E-state index in [1.54, 1.807) is 0 Å². The van der Waals surface area contributed by atoms with Gasteiger partial charge in [0.2, 0.25) is 6.41 Å². The summed E-state index contributed by atoms with van der Waals surface area (Å²) >= 11 is 0. The van der Waals surface area contributed by atoms with Crippen molar-refractivity contribution in [2.24, 2.45) is 5.10 Å². The van der Waals surface area contributed by atoms with Gasteiger partial charge in [0.15, 0.2) is 11.6 Å². The summed E-state index contributed by atoms with van der Waals surface area (Å²) in [7, 11) is 0. The Hall–Kier alpha value is -1.78. The minimum absolute atomic E-state index is 0.369. The number of rotatable bonds is 3. The molecule has 1 amide bonds. The number of hydrogen-bond donors (Lipinski definition) is 1. The molecule has 1 aromatic rings. The Morgan fingerprint density at radius 3 is 2.69 bits per heavy atom. The molecule has 0 saturated carbocycles. The summed E-state index contributed by atoms with van der Waals surface area (Å²) in [4.78, 5) is 9.76. The molecule has 0 aliphatic rings. The molecule has 0 radical (unpaired) electrons. The van der Waals surface area contributed by atoms with Crippen LogP contribution in [0.5, 0.6) is 0 Å². The number of carbonyl (C=O) groups is 1. The maximum Gasteiger partial charge on any atom is 0.227 e. The van der Waals surface area contributed by atoms with Crippen molar-refractivity contribution in [2.75, 3.05) is 0 Å². The van der Waals surface area contributed by atoms with Crippen molar-refractivity contribution in [3.8, 4) is 0 Å². The summed E-state index contributed by atoms with van der Waals surface area (Å²) < 4.78 is 25.0. The summed E-state index contributed by atoms with van der Waals surface area (Å²) in [6, 6.07) is 3.30. The molecule has 1 aromatic carbocycles. The maximum atomic E-state index is 12.6. The van der Waals surface area contributed by atoms with Crippen LogP contribution in [0.3, 0.4) is 0 Å². The van der Waals surface area contributed by atoms with Gasteiger partial charge in [-0.25, -0.2) is 14.2 Å². The van der Waals surface area contributed by atoms with Crippen LogP contribution < -0.4 is 5.43 Å². The second-order valence-corrected chi connectivity index (χ2v) is 2.18. The molecular formula is C8H6F2N2O. The second kappa shape index (κ2) is 4.30. The van der Waals surface area contributed by atoms with Crippen LogP contribution in [0.4, 0.5) is 8.78 Å². The van der Waals surface area contributed by atoms with Crippen molar-refractivity contribution in [3.05, 3.63) is 35.4 Å². The van der Waals surface area contributed by atoms with E-state index in [0.717, 1.165) is 12.1 Å². The van der Waals surface area contributed by atoms with E-state index < -0.39 is 11.6 Å². The van der Waals surface area contributed by atoms with Gasteiger partial charge >= 0.3 is 0 Å². The van der Waals surface area contributed by atoms with Gasteiger partial charge in [0, 0.05) is 0 Å². The third kappa shape index (κ3) is 2.62. The molecular weight excluding hydrogens is 178 g/mol. The van der Waals surface area contributed by atoms with Gasteiger partial charge in [-0.1, -0.05) is 6.07 Å². The van der Waals surface area contributed by atoms with Gasteiger partial charge in [-0.3, -0.25) is 4.79 Å². The number of hydrazone groups is 1. The molecule has 13 heavy (non-hydrogen) atoms. The number of amides is 1. The monoisotopic (exact) mass is 184 g/mol. The zero-order chi connectivity index (χ0) is 9.68. The van der Waals surface area contributed by atoms with Crippen LogP contribution in [0.15, 0.2) is 23.3 Å². The summed E-state index contributed by atoms with van der Waals surface area (Å²) in [6.45, 7) is 0. The van der Waals surface area contributed by atoms with E-state index in [-0.39, 0.29) is 0 Å². The van der Waals surface area contributed by atoms with Crippen LogP contribution >= 0.6 is 0 Å². The number of nitrogens with one attached hydrogen (secondary N) is 1. The van der Waals surface area contributed by atoms with E-state index >= 15 is 0 Å². The van der Waals surface area contributed by atoms with Crippen molar-refractivity contribution in [3.63, 3.8) is 0 Å². The molecule has 1 rings (SSSR count). The van der Waals surface area contributed by atoms with Gasteiger partial charge in [0.25, 0.3) is 0 Å². The van der Waals surface area contributed by atoms with Gasteiger partial charge in [-0.2, -0.15) is 5.10 Å². The fraction of sp³-hybridized carbons (Fsp3) is 0. The lowest BCUT2D eigenvalue weighted by atomic mass is 10.2. The lowest BCUT2D eigenvalue weighted by molar-refractivity contribution is -0.109. The molecule has 68 valence electrons. The molecule has 0 fully saturated rings. The van der Waals surface area contributed by atoms with Gasteiger partial charge in [-0.15, -0.1) is 0 Å². The summed E-state index contributed by atoms with van der Waals surface area (Å²) in [5.74, 6) is -1.87. The van der Waals surface area contributed by atoms with Crippen molar-refractivity contribution >= 4 is 12.6 Å². The zero-order valence-corrected chi connectivity index (χ0v) is 6.50. The van der Waals surface area contributed by atoms with E-state index in [1.807, 2.05) is 5.43 Å². The smallest absolute Gasteiger partial charge is 0.227 e. The van der Waals surface area contributed by atoms with Gasteiger partial charge < -0.3 is 0 Å². The van der Waals surface area contributed by atoms with E-state index in [1.165, 1.54) is 12.3 Å². The topological polar surface area (TPSA) is 41.5 Å². The highest BCUT2D eigenvalue weighted by Gasteiger charge is 1.99. The number of benzene rings is 1. The van der Waals surface area contributed by atoms with Gasteiger partial charge in [0.05, 0.1) is 6.21 Å². The predicted molar refractivity (Wildman–Crippen MR) is 43.2 cm³/mol. The molecule has 0 aromatic heterocycles. The Morgan fingerprint density at radius 1 is 1.31 bits per heavy atom. The molecule has 1 N–H and O–H groups in total. The first-order valence-electron chi connectivity index (χ1n) is 3.41. The Labute approximate surface area is 73.1 Å². The Bertz CT molecular complexity index is 339. The van der Waals surface area contributed by atoms with Crippen molar-refractivity contribution in [1.82, 2.24) is 5.43 Å². The normalized spacial score (nSPS) is 10.3. The molecule has 0 aliphatic carbocycles. The summed E-state index contributed by atoms with van der Waals surface area (Å²) in [5.41, 5.74) is 2.37. The van der Waals surface area contributed by atoms with Crippen LogP contribution in [-0.4, -0.2) is 12.6 Å². The van der Waals surface area contributed by atoms with Crippen LogP contribution in [0.2, 0.25) is 0 Å². The third-order valence-corrected chi connectivity index (χ3v) is 1.28. The molecule has 0 saturated heterocycles. The highest BCUT2D eigenvalue weighted by molar-refractivity contribution is 5.79. The van der Waals surface area contributed by atoms with Crippen molar-refractivity contribution < 1.29 is 13.6 Å². The van der Waals surface area contributed by atoms with Gasteiger partial charge in [0.1, 0.15) is 0 Å². The first-order chi connectivity index (χ1) is 6.24. The van der Waals surface area contributed by atoms with Crippen LogP contribution in [0.1, 0.15) is 5.56 Å². The summed E-state index contributed by atoms with van der Waals surface area (Å²) in [6.07, 6.45) is 1.58. The number of carbonyl (C=O) groups excluding carboxylic acids is 1. The molecule has 0 atom stereocenters. The zero-order valence-electron chi connectivity index (χ0n) is 6.50. The van der Waals surface area contributed by atoms with Crippen molar-refractivity contribution in [1.29, 1.82) is 0 Å². The molecule has 0 unspecified atom stereocenters. The molecule has 0 bridgehead atoms. The molecule has 0 aliphatic heterocycles. The Kier molecular flexibility index (Phi) is 3.08. The highest BCUT2D eigenvalue weighted by Crippen LogP contribution is 2.06. The molecule has 5 heteroatoms. The number of halogens is 2. The number of nitrogens with zero attached hydrogens (tertiary/aromatic N) is 1. The summed E-state index contributed by atoms with van der Waals surface area (Å²) in [5, 5.41) is 3.40. The van der Waals surface area contributed by atoms with Crippen LogP contribution in [0.25, 0.3) is 0 Å². The van der Waals surface area contributed by atoms with E-state index in [2.05, 4.69) is 5.10 Å². The van der Waals surface area contributed by atoms with E-state index in [9.17, 15) is 13.6 Å². The molecule has 0 spiro atoms. The second-order valence-electron chi connectivity index (χ2n) is 2.18. The van der Waals surface area contributed by atoms with Crippen molar-refractivity contribution in [2.45, 2.75) is 0 Å². The fourth-order valence-electron chi connectivity index (χ4n) is 0.735. The first-order valence-corrected chi connectivity index (χ1v) is 3.41. The minimum atomic E-state index is -0.949. The van der Waals surface area contributed by atoms with E-state index in [4.69, 9.17) is 0 Å². The van der Waals surface area contributed by atoms with Crippen LogP contribution in [0, 0.1) is 11.6 Å². The van der Waals surface area contributed by atoms with Gasteiger partial charge in [-0.05, 0) is 17.7 Å².